The van der Waals surface area contributed by atoms with Crippen LogP contribution in [0, 0.1) is 0 Å². The summed E-state index contributed by atoms with van der Waals surface area (Å²) in [6.45, 7) is 3.91. The van der Waals surface area contributed by atoms with E-state index in [4.69, 9.17) is 21.1 Å². The van der Waals surface area contributed by atoms with Crippen molar-refractivity contribution >= 4 is 29.3 Å². The lowest BCUT2D eigenvalue weighted by atomic mass is 10.1. The Bertz CT molecular complexity index is 887. The summed E-state index contributed by atoms with van der Waals surface area (Å²) in [7, 11) is 1.34. The van der Waals surface area contributed by atoms with Crippen LogP contribution in [0.25, 0.3) is 0 Å². The van der Waals surface area contributed by atoms with Crippen molar-refractivity contribution in [2.24, 2.45) is 0 Å². The predicted molar refractivity (Wildman–Crippen MR) is 118 cm³/mol. The van der Waals surface area contributed by atoms with Crippen molar-refractivity contribution in [1.82, 2.24) is 0 Å². The molecule has 0 spiro atoms. The number of hydrogen-bond donors (Lipinski definition) is 0. The summed E-state index contributed by atoms with van der Waals surface area (Å²) in [4.78, 5) is 12.7. The Kier molecular flexibility index (Phi) is 9.56. The lowest BCUT2D eigenvalue weighted by molar-refractivity contribution is -0.139. The molecule has 2 aromatic carbocycles. The zero-order chi connectivity index (χ0) is 23.0. The molecule has 0 bridgehead atoms. The number of hydrogen-bond acceptors (Lipinski definition) is 4. The highest BCUT2D eigenvalue weighted by molar-refractivity contribution is 8.00. The van der Waals surface area contributed by atoms with Crippen molar-refractivity contribution in [3.8, 4) is 11.5 Å². The number of carbonyl (C=O) groups is 1. The highest BCUT2D eigenvalue weighted by atomic mass is 35.5. The van der Waals surface area contributed by atoms with Gasteiger partial charge in [0.1, 0.15) is 16.7 Å². The molecule has 0 saturated heterocycles. The molecule has 0 aliphatic rings. The minimum absolute atomic E-state index is 0.127. The number of methoxy groups -OCH3 is 1. The van der Waals surface area contributed by atoms with Crippen LogP contribution in [-0.4, -0.2) is 18.3 Å². The third-order valence-corrected chi connectivity index (χ3v) is 6.14. The molecule has 0 aromatic heterocycles. The topological polar surface area (TPSA) is 35.5 Å². The van der Waals surface area contributed by atoms with E-state index in [-0.39, 0.29) is 16.7 Å². The van der Waals surface area contributed by atoms with Gasteiger partial charge in [0, 0.05) is 4.90 Å². The van der Waals surface area contributed by atoms with E-state index in [1.165, 1.54) is 24.9 Å². The normalized spacial score (nSPS) is 12.5. The molecular formula is C23H26ClF3O3S. The molecule has 1 unspecified atom stereocenters. The van der Waals surface area contributed by atoms with Crippen LogP contribution in [0.2, 0.25) is 5.02 Å². The molecular weight excluding hydrogens is 449 g/mol. The molecule has 0 N–H and O–H groups in total. The molecule has 8 heteroatoms. The smallest absolute Gasteiger partial charge is 0.416 e. The first-order chi connectivity index (χ1) is 14.7. The van der Waals surface area contributed by atoms with Crippen molar-refractivity contribution in [2.45, 2.75) is 62.3 Å². The van der Waals surface area contributed by atoms with E-state index in [1.54, 1.807) is 19.1 Å². The van der Waals surface area contributed by atoms with Crippen LogP contribution in [0.15, 0.2) is 41.3 Å². The lowest BCUT2D eigenvalue weighted by Crippen LogP contribution is -2.14. The van der Waals surface area contributed by atoms with Gasteiger partial charge < -0.3 is 9.47 Å². The maximum Gasteiger partial charge on any atom is 0.416 e. The fourth-order valence-electron chi connectivity index (χ4n) is 2.95. The summed E-state index contributed by atoms with van der Waals surface area (Å²) < 4.78 is 49.1. The van der Waals surface area contributed by atoms with Gasteiger partial charge in [-0.2, -0.15) is 13.2 Å². The largest absolute Gasteiger partial charge is 0.468 e. The standard InChI is InChI=1S/C23H26ClF3O3S/c1-4-5-6-7-8-16-9-11-18(14-21(16)31-15(2)22(28)29-3)30-20-12-10-17(13-19(20)24)23(25,26)27/h9-15H,4-8H2,1-3H3. The quantitative estimate of drug-likeness (QED) is 0.199. The molecule has 0 amide bonds. The summed E-state index contributed by atoms with van der Waals surface area (Å²) in [5, 5.41) is -0.542. The minimum atomic E-state index is -4.48. The monoisotopic (exact) mass is 474 g/mol. The van der Waals surface area contributed by atoms with E-state index >= 15 is 0 Å². The SMILES string of the molecule is CCCCCCc1ccc(Oc2ccc(C(F)(F)F)cc2Cl)cc1SC(C)C(=O)OC. The Morgan fingerprint density at radius 1 is 1.13 bits per heavy atom. The van der Waals surface area contributed by atoms with Gasteiger partial charge in [-0.3, -0.25) is 4.79 Å². The predicted octanol–water partition coefficient (Wildman–Crippen LogP) is 7.93. The molecule has 0 fully saturated rings. The maximum absolute atomic E-state index is 12.8. The minimum Gasteiger partial charge on any atom is -0.468 e. The van der Waals surface area contributed by atoms with Gasteiger partial charge in [0.2, 0.25) is 0 Å². The van der Waals surface area contributed by atoms with Crippen molar-refractivity contribution in [3.05, 3.63) is 52.5 Å². The van der Waals surface area contributed by atoms with Gasteiger partial charge in [0.25, 0.3) is 0 Å². The van der Waals surface area contributed by atoms with Crippen LogP contribution in [-0.2, 0) is 22.1 Å². The third-order valence-electron chi connectivity index (χ3n) is 4.66. The second-order valence-electron chi connectivity index (χ2n) is 7.11. The zero-order valence-electron chi connectivity index (χ0n) is 17.7. The van der Waals surface area contributed by atoms with E-state index in [1.807, 2.05) is 6.07 Å². The molecule has 2 rings (SSSR count). The molecule has 0 saturated carbocycles. The van der Waals surface area contributed by atoms with E-state index < -0.39 is 17.0 Å². The van der Waals surface area contributed by atoms with Crippen LogP contribution in [0.1, 0.15) is 50.7 Å². The number of thioether (sulfide) groups is 1. The number of alkyl halides is 3. The Balaban J connectivity index is 2.25. The molecule has 1 atom stereocenters. The number of ether oxygens (including phenoxy) is 2. The summed E-state index contributed by atoms with van der Waals surface area (Å²) in [5.74, 6) is 0.222. The summed E-state index contributed by atoms with van der Waals surface area (Å²) in [6.07, 6.45) is 0.828. The Morgan fingerprint density at radius 2 is 1.87 bits per heavy atom. The molecule has 3 nitrogen and oxygen atoms in total. The van der Waals surface area contributed by atoms with Gasteiger partial charge >= 0.3 is 12.1 Å². The highest BCUT2D eigenvalue weighted by Gasteiger charge is 2.31. The van der Waals surface area contributed by atoms with Crippen molar-refractivity contribution in [3.63, 3.8) is 0 Å². The first-order valence-corrected chi connectivity index (χ1v) is 11.3. The van der Waals surface area contributed by atoms with E-state index in [0.717, 1.165) is 54.7 Å². The van der Waals surface area contributed by atoms with Crippen LogP contribution in [0.3, 0.4) is 0 Å². The van der Waals surface area contributed by atoms with E-state index in [0.29, 0.717) is 5.75 Å². The second kappa shape index (κ2) is 11.7. The third kappa shape index (κ3) is 7.65. The summed E-state index contributed by atoms with van der Waals surface area (Å²) in [6, 6.07) is 8.44. The number of carbonyl (C=O) groups excluding carboxylic acids is 1. The first-order valence-electron chi connectivity index (χ1n) is 10.1. The van der Waals surface area contributed by atoms with E-state index in [2.05, 4.69) is 6.92 Å². The summed E-state index contributed by atoms with van der Waals surface area (Å²) in [5.41, 5.74) is 0.248. The molecule has 31 heavy (non-hydrogen) atoms. The fourth-order valence-corrected chi connectivity index (χ4v) is 4.25. The molecule has 0 heterocycles. The van der Waals surface area contributed by atoms with E-state index in [9.17, 15) is 18.0 Å². The molecule has 0 radical (unpaired) electrons. The van der Waals surface area contributed by atoms with Crippen molar-refractivity contribution in [1.29, 1.82) is 0 Å². The van der Waals surface area contributed by atoms with Crippen molar-refractivity contribution < 1.29 is 27.4 Å². The average Bonchev–Trinajstić information content (AvgIpc) is 2.72. The molecule has 0 aliphatic heterocycles. The number of unbranched alkanes of at least 4 members (excludes halogenated alkanes) is 3. The zero-order valence-corrected chi connectivity index (χ0v) is 19.3. The lowest BCUT2D eigenvalue weighted by Gasteiger charge is -2.16. The molecule has 2 aromatic rings. The number of rotatable bonds is 10. The number of halogens is 4. The summed E-state index contributed by atoms with van der Waals surface area (Å²) >= 11 is 7.37. The first kappa shape index (κ1) is 25.4. The molecule has 0 aliphatic carbocycles. The Morgan fingerprint density at radius 3 is 2.48 bits per heavy atom. The van der Waals surface area contributed by atoms with Crippen LogP contribution >= 0.6 is 23.4 Å². The van der Waals surface area contributed by atoms with Gasteiger partial charge in [-0.25, -0.2) is 0 Å². The number of esters is 1. The second-order valence-corrected chi connectivity index (χ2v) is 8.90. The average molecular weight is 475 g/mol. The van der Waals surface area contributed by atoms with Gasteiger partial charge in [0.05, 0.1) is 17.7 Å². The number of benzene rings is 2. The fraction of sp³-hybridized carbons (Fsp3) is 0.435. The van der Waals surface area contributed by atoms with Crippen LogP contribution in [0.5, 0.6) is 11.5 Å². The Hall–Kier alpha value is -1.86. The Labute approximate surface area is 190 Å². The van der Waals surface area contributed by atoms with Crippen molar-refractivity contribution in [2.75, 3.05) is 7.11 Å². The van der Waals surface area contributed by atoms with Gasteiger partial charge in [-0.15, -0.1) is 11.8 Å². The van der Waals surface area contributed by atoms with Gasteiger partial charge in [0.15, 0.2) is 0 Å². The highest BCUT2D eigenvalue weighted by Crippen LogP contribution is 2.38. The van der Waals surface area contributed by atoms with Gasteiger partial charge in [-0.05, 0) is 55.7 Å². The van der Waals surface area contributed by atoms with Crippen LogP contribution < -0.4 is 4.74 Å². The van der Waals surface area contributed by atoms with Crippen LogP contribution in [0.4, 0.5) is 13.2 Å². The number of aryl methyl sites for hydroxylation is 1. The van der Waals surface area contributed by atoms with Gasteiger partial charge in [-0.1, -0.05) is 43.9 Å². The molecule has 170 valence electrons. The maximum atomic E-state index is 12.8.